The second kappa shape index (κ2) is 7.07. The van der Waals surface area contributed by atoms with Gasteiger partial charge in [-0.15, -0.1) is 0 Å². The number of amides is 1. The molecule has 93 valence electrons. The summed E-state index contributed by atoms with van der Waals surface area (Å²) in [5.41, 5.74) is 2.00. The van der Waals surface area contributed by atoms with Crippen molar-refractivity contribution in [2.75, 3.05) is 18.1 Å². The summed E-state index contributed by atoms with van der Waals surface area (Å²) in [5.74, 6) is 0.107. The molecule has 0 N–H and O–H groups in total. The number of carbonyl (C=O) groups excluding carboxylic acids is 1. The van der Waals surface area contributed by atoms with Crippen molar-refractivity contribution in [3.05, 3.63) is 29.8 Å². The first-order valence-corrected chi connectivity index (χ1v) is 6.14. The number of para-hydroxylation sites is 1. The molecule has 17 heavy (non-hydrogen) atoms. The maximum absolute atomic E-state index is 12.0. The molecule has 0 aliphatic rings. The van der Waals surface area contributed by atoms with E-state index in [9.17, 15) is 9.90 Å². The first-order chi connectivity index (χ1) is 8.20. The van der Waals surface area contributed by atoms with E-state index in [0.717, 1.165) is 17.7 Å². The number of rotatable bonds is 6. The predicted octanol–water partition coefficient (Wildman–Crippen LogP) is 2.95. The molecule has 1 aromatic carbocycles. The number of nitrogens with zero attached hydrogens (tertiary/aromatic N) is 1. The van der Waals surface area contributed by atoms with Crippen LogP contribution in [0.3, 0.4) is 0 Å². The summed E-state index contributed by atoms with van der Waals surface area (Å²) in [4.78, 5) is 13.8. The third-order valence-corrected chi connectivity index (χ3v) is 2.70. The Morgan fingerprint density at radius 1 is 1.29 bits per heavy atom. The molecule has 0 unspecified atom stereocenters. The van der Waals surface area contributed by atoms with Crippen LogP contribution in [0.2, 0.25) is 0 Å². The fraction of sp³-hybridized carbons (Fsp3) is 0.500. The SMILES string of the molecule is CCCC(=O)N(CCC[O])c1ccccc1C. The molecule has 0 aliphatic carbocycles. The number of hydrogen-bond donors (Lipinski definition) is 0. The highest BCUT2D eigenvalue weighted by atomic mass is 16.3. The minimum absolute atomic E-state index is 0.107. The summed E-state index contributed by atoms with van der Waals surface area (Å²) >= 11 is 0. The highest BCUT2D eigenvalue weighted by molar-refractivity contribution is 5.94. The van der Waals surface area contributed by atoms with E-state index in [-0.39, 0.29) is 12.5 Å². The molecular weight excluding hydrogens is 214 g/mol. The summed E-state index contributed by atoms with van der Waals surface area (Å²) in [6.45, 7) is 4.36. The van der Waals surface area contributed by atoms with Crippen molar-refractivity contribution in [3.8, 4) is 0 Å². The van der Waals surface area contributed by atoms with Gasteiger partial charge in [0.2, 0.25) is 5.91 Å². The second-order valence-corrected chi connectivity index (χ2v) is 4.14. The van der Waals surface area contributed by atoms with Gasteiger partial charge in [-0.1, -0.05) is 25.1 Å². The summed E-state index contributed by atoms with van der Waals surface area (Å²) in [6.07, 6.45) is 1.87. The van der Waals surface area contributed by atoms with Crippen LogP contribution >= 0.6 is 0 Å². The molecule has 0 fully saturated rings. The minimum atomic E-state index is -0.137. The van der Waals surface area contributed by atoms with Gasteiger partial charge >= 0.3 is 0 Å². The molecule has 0 spiro atoms. The van der Waals surface area contributed by atoms with Gasteiger partial charge in [-0.05, 0) is 31.4 Å². The van der Waals surface area contributed by atoms with Gasteiger partial charge in [0.1, 0.15) is 0 Å². The lowest BCUT2D eigenvalue weighted by Crippen LogP contribution is -2.32. The van der Waals surface area contributed by atoms with Crippen molar-refractivity contribution < 1.29 is 9.90 Å². The highest BCUT2D eigenvalue weighted by Gasteiger charge is 2.15. The normalized spacial score (nSPS) is 10.3. The molecule has 0 heterocycles. The molecule has 0 atom stereocenters. The van der Waals surface area contributed by atoms with E-state index in [2.05, 4.69) is 0 Å². The molecule has 0 aromatic heterocycles. The predicted molar refractivity (Wildman–Crippen MR) is 68.6 cm³/mol. The van der Waals surface area contributed by atoms with Gasteiger partial charge in [0.05, 0.1) is 6.61 Å². The van der Waals surface area contributed by atoms with Gasteiger partial charge in [0, 0.05) is 18.7 Å². The van der Waals surface area contributed by atoms with E-state index in [1.807, 2.05) is 38.1 Å². The van der Waals surface area contributed by atoms with E-state index in [1.54, 1.807) is 4.90 Å². The summed E-state index contributed by atoms with van der Waals surface area (Å²) < 4.78 is 0. The standard InChI is InChI=1S/C14H20NO2/c1-3-7-14(17)15(10-6-11-16)13-9-5-4-8-12(13)2/h4-5,8-9H,3,6-7,10-11H2,1-2H3. The van der Waals surface area contributed by atoms with Crippen LogP contribution in [-0.2, 0) is 9.90 Å². The van der Waals surface area contributed by atoms with Crippen LogP contribution in [0.4, 0.5) is 5.69 Å². The molecule has 0 aliphatic heterocycles. The third-order valence-electron chi connectivity index (χ3n) is 2.70. The fourth-order valence-electron chi connectivity index (χ4n) is 1.82. The highest BCUT2D eigenvalue weighted by Crippen LogP contribution is 2.20. The van der Waals surface area contributed by atoms with Crippen LogP contribution in [0.1, 0.15) is 31.7 Å². The summed E-state index contributed by atoms with van der Waals surface area (Å²) in [7, 11) is 0. The van der Waals surface area contributed by atoms with Gasteiger partial charge in [-0.3, -0.25) is 4.79 Å². The number of anilines is 1. The smallest absolute Gasteiger partial charge is 0.226 e. The minimum Gasteiger partial charge on any atom is -0.312 e. The Labute approximate surface area is 103 Å². The van der Waals surface area contributed by atoms with Crippen LogP contribution in [0.15, 0.2) is 24.3 Å². The zero-order valence-corrected chi connectivity index (χ0v) is 10.6. The zero-order valence-electron chi connectivity index (χ0n) is 10.6. The molecule has 1 rings (SSSR count). The van der Waals surface area contributed by atoms with E-state index >= 15 is 0 Å². The summed E-state index contributed by atoms with van der Waals surface area (Å²) in [5, 5.41) is 10.6. The summed E-state index contributed by atoms with van der Waals surface area (Å²) in [6, 6.07) is 7.80. The van der Waals surface area contributed by atoms with Crippen LogP contribution < -0.4 is 4.90 Å². The molecule has 3 nitrogen and oxygen atoms in total. The maximum atomic E-state index is 12.0. The van der Waals surface area contributed by atoms with Crippen molar-refractivity contribution >= 4 is 11.6 Å². The van der Waals surface area contributed by atoms with Gasteiger partial charge in [0.15, 0.2) is 0 Å². The van der Waals surface area contributed by atoms with E-state index in [4.69, 9.17) is 0 Å². The lowest BCUT2D eigenvalue weighted by atomic mass is 10.1. The van der Waals surface area contributed by atoms with Gasteiger partial charge in [-0.25, -0.2) is 5.11 Å². The molecule has 3 heteroatoms. The zero-order chi connectivity index (χ0) is 12.7. The fourth-order valence-corrected chi connectivity index (χ4v) is 1.82. The number of carbonyl (C=O) groups is 1. The molecule has 0 bridgehead atoms. The Kier molecular flexibility index (Phi) is 5.70. The monoisotopic (exact) mass is 234 g/mol. The first kappa shape index (κ1) is 13.7. The molecule has 0 saturated carbocycles. The van der Waals surface area contributed by atoms with Gasteiger partial charge in [0.25, 0.3) is 0 Å². The lowest BCUT2D eigenvalue weighted by Gasteiger charge is -2.24. The van der Waals surface area contributed by atoms with Gasteiger partial charge in [-0.2, -0.15) is 0 Å². The van der Waals surface area contributed by atoms with Crippen LogP contribution in [0.25, 0.3) is 0 Å². The Hall–Kier alpha value is -1.35. The average Bonchev–Trinajstić information content (AvgIpc) is 2.32. The van der Waals surface area contributed by atoms with Crippen LogP contribution in [0.5, 0.6) is 0 Å². The first-order valence-electron chi connectivity index (χ1n) is 6.14. The Balaban J connectivity index is 2.89. The second-order valence-electron chi connectivity index (χ2n) is 4.14. The van der Waals surface area contributed by atoms with Crippen molar-refractivity contribution in [2.24, 2.45) is 0 Å². The Morgan fingerprint density at radius 3 is 2.59 bits per heavy atom. The molecule has 1 radical (unpaired) electrons. The quantitative estimate of drug-likeness (QED) is 0.746. The molecular formula is C14H20NO2. The number of benzene rings is 1. The van der Waals surface area contributed by atoms with Crippen LogP contribution in [0, 0.1) is 6.92 Å². The third kappa shape index (κ3) is 3.86. The van der Waals surface area contributed by atoms with Crippen molar-refractivity contribution in [3.63, 3.8) is 0 Å². The van der Waals surface area contributed by atoms with E-state index < -0.39 is 0 Å². The average molecular weight is 234 g/mol. The molecule has 1 aromatic rings. The number of aryl methyl sites for hydroxylation is 1. The maximum Gasteiger partial charge on any atom is 0.226 e. The van der Waals surface area contributed by atoms with E-state index in [0.29, 0.717) is 19.4 Å². The molecule has 1 amide bonds. The van der Waals surface area contributed by atoms with Crippen LogP contribution in [-0.4, -0.2) is 19.1 Å². The number of hydrogen-bond acceptors (Lipinski definition) is 1. The Morgan fingerprint density at radius 2 is 2.00 bits per heavy atom. The van der Waals surface area contributed by atoms with Crippen molar-refractivity contribution in [1.29, 1.82) is 0 Å². The molecule has 0 saturated heterocycles. The lowest BCUT2D eigenvalue weighted by molar-refractivity contribution is -0.118. The van der Waals surface area contributed by atoms with Gasteiger partial charge < -0.3 is 4.90 Å². The van der Waals surface area contributed by atoms with E-state index in [1.165, 1.54) is 0 Å². The topological polar surface area (TPSA) is 40.2 Å². The largest absolute Gasteiger partial charge is 0.312 e. The Bertz CT molecular complexity index is 363. The van der Waals surface area contributed by atoms with Crippen molar-refractivity contribution in [1.82, 2.24) is 0 Å². The van der Waals surface area contributed by atoms with Crippen molar-refractivity contribution in [2.45, 2.75) is 33.1 Å².